The second kappa shape index (κ2) is 12.6. The number of benzene rings is 3. The molecule has 3 aromatic carbocycles. The molecule has 1 saturated carbocycles. The molecule has 2 aliphatic rings. The second-order valence-corrected chi connectivity index (χ2v) is 10.6. The molecule has 1 unspecified atom stereocenters. The normalized spacial score (nSPS) is 20.2. The predicted octanol–water partition coefficient (Wildman–Crippen LogP) is 6.64. The number of halogens is 1. The molecule has 0 amide bonds. The van der Waals surface area contributed by atoms with Gasteiger partial charge in [0.2, 0.25) is 0 Å². The van der Waals surface area contributed by atoms with Crippen LogP contribution in [0.25, 0.3) is 0 Å². The molecule has 1 aliphatic carbocycles. The molecule has 0 saturated heterocycles. The minimum absolute atomic E-state index is 0.00352. The van der Waals surface area contributed by atoms with Gasteiger partial charge in [-0.2, -0.15) is 0 Å². The van der Waals surface area contributed by atoms with Gasteiger partial charge in [-0.15, -0.1) is 0 Å². The van der Waals surface area contributed by atoms with Gasteiger partial charge in [0.25, 0.3) is 0 Å². The van der Waals surface area contributed by atoms with Gasteiger partial charge in [0.15, 0.2) is 11.5 Å². The van der Waals surface area contributed by atoms with Crippen molar-refractivity contribution in [2.45, 2.75) is 38.5 Å². The number of ketones is 1. The average Bonchev–Trinajstić information content (AvgIpc) is 2.96. The highest BCUT2D eigenvalue weighted by atomic mass is 35.5. The molecule has 1 fully saturated rings. The zero-order valence-corrected chi connectivity index (χ0v) is 23.8. The van der Waals surface area contributed by atoms with Crippen molar-refractivity contribution in [3.05, 3.63) is 100 Å². The summed E-state index contributed by atoms with van der Waals surface area (Å²) in [5.41, 5.74) is 3.26. The number of carbonyl (C=O) groups is 2. The van der Waals surface area contributed by atoms with Crippen molar-refractivity contribution in [3.8, 4) is 17.2 Å². The van der Waals surface area contributed by atoms with E-state index < -0.39 is 17.8 Å². The summed E-state index contributed by atoms with van der Waals surface area (Å²) in [7, 11) is 0. The van der Waals surface area contributed by atoms with Crippen molar-refractivity contribution in [2.75, 3.05) is 19.8 Å². The van der Waals surface area contributed by atoms with Gasteiger partial charge in [0.05, 0.1) is 18.1 Å². The van der Waals surface area contributed by atoms with E-state index in [-0.39, 0.29) is 36.4 Å². The third-order valence-electron chi connectivity index (χ3n) is 7.49. The van der Waals surface area contributed by atoms with Crippen molar-refractivity contribution in [1.29, 1.82) is 0 Å². The fourth-order valence-corrected chi connectivity index (χ4v) is 5.78. The first-order valence-corrected chi connectivity index (χ1v) is 14.1. The highest BCUT2D eigenvalue weighted by Crippen LogP contribution is 2.47. The molecule has 3 aromatic rings. The maximum atomic E-state index is 13.9. The Hall–Kier alpha value is -4.10. The molecular formula is C33H32ClNO6. The van der Waals surface area contributed by atoms with Crippen molar-refractivity contribution < 1.29 is 28.9 Å². The molecule has 3 atom stereocenters. The number of nitrogens with zero attached hydrogens (tertiary/aromatic N) is 1. The number of hydrogen-bond acceptors (Lipinski definition) is 7. The van der Waals surface area contributed by atoms with Crippen LogP contribution in [-0.2, 0) is 14.3 Å². The molecule has 0 bridgehead atoms. The Balaban J connectivity index is 1.46. The van der Waals surface area contributed by atoms with Crippen LogP contribution in [0.4, 0.5) is 0 Å². The Morgan fingerprint density at radius 2 is 1.68 bits per heavy atom. The summed E-state index contributed by atoms with van der Waals surface area (Å²) in [4.78, 5) is 32.2. The fourth-order valence-electron chi connectivity index (χ4n) is 5.66. The van der Waals surface area contributed by atoms with E-state index in [0.29, 0.717) is 47.1 Å². The van der Waals surface area contributed by atoms with E-state index in [2.05, 4.69) is 0 Å². The molecule has 5 rings (SSSR count). The Labute approximate surface area is 244 Å². The number of phenols is 1. The van der Waals surface area contributed by atoms with E-state index in [1.54, 1.807) is 19.1 Å². The monoisotopic (exact) mass is 573 g/mol. The van der Waals surface area contributed by atoms with Crippen LogP contribution in [0, 0.1) is 5.92 Å². The third kappa shape index (κ3) is 6.30. The van der Waals surface area contributed by atoms with Gasteiger partial charge in [-0.25, -0.2) is 4.79 Å². The maximum absolute atomic E-state index is 13.9. The quantitative estimate of drug-likeness (QED) is 0.228. The second-order valence-electron chi connectivity index (χ2n) is 10.1. The highest BCUT2D eigenvalue weighted by Gasteiger charge is 2.46. The summed E-state index contributed by atoms with van der Waals surface area (Å²) in [6.45, 7) is 4.16. The maximum Gasteiger partial charge on any atom is 0.336 e. The van der Waals surface area contributed by atoms with Gasteiger partial charge in [0, 0.05) is 28.8 Å². The van der Waals surface area contributed by atoms with Crippen LogP contribution in [0.5, 0.6) is 17.2 Å². The van der Waals surface area contributed by atoms with E-state index in [4.69, 9.17) is 30.8 Å². The van der Waals surface area contributed by atoms with Crippen molar-refractivity contribution >= 4 is 29.1 Å². The van der Waals surface area contributed by atoms with Crippen LogP contribution in [0.2, 0.25) is 5.02 Å². The smallest absolute Gasteiger partial charge is 0.336 e. The lowest BCUT2D eigenvalue weighted by Gasteiger charge is -2.38. The molecule has 0 radical (unpaired) electrons. The number of carbonyl (C=O) groups excluding carboxylic acids is 2. The van der Waals surface area contributed by atoms with Crippen molar-refractivity contribution in [2.24, 2.45) is 10.9 Å². The first-order chi connectivity index (χ1) is 19.9. The van der Waals surface area contributed by atoms with Crippen LogP contribution in [0.1, 0.15) is 49.7 Å². The van der Waals surface area contributed by atoms with E-state index >= 15 is 0 Å². The average molecular weight is 574 g/mol. The van der Waals surface area contributed by atoms with Gasteiger partial charge < -0.3 is 19.3 Å². The number of ether oxygens (including phenoxy) is 3. The zero-order valence-electron chi connectivity index (χ0n) is 23.0. The van der Waals surface area contributed by atoms with Gasteiger partial charge in [-0.3, -0.25) is 9.79 Å². The van der Waals surface area contributed by atoms with E-state index in [9.17, 15) is 14.7 Å². The summed E-state index contributed by atoms with van der Waals surface area (Å²) in [5, 5.41) is 11.0. The van der Waals surface area contributed by atoms with Gasteiger partial charge in [0.1, 0.15) is 24.7 Å². The summed E-state index contributed by atoms with van der Waals surface area (Å²) >= 11 is 6.09. The number of Topliss-reactive ketones (excluding diaryl/α,β-unsaturated/α-hetero) is 1. The molecule has 212 valence electrons. The molecule has 7 nitrogen and oxygen atoms in total. The first-order valence-electron chi connectivity index (χ1n) is 13.7. The number of rotatable bonds is 9. The third-order valence-corrected chi connectivity index (χ3v) is 7.74. The highest BCUT2D eigenvalue weighted by molar-refractivity contribution is 6.30. The number of aromatic hydroxyl groups is 1. The lowest BCUT2D eigenvalue weighted by molar-refractivity contribution is -0.140. The molecule has 8 heteroatoms. The van der Waals surface area contributed by atoms with Crippen LogP contribution in [-0.4, -0.2) is 42.4 Å². The number of phenolic OH excluding ortho intramolecular Hbond substituents is 1. The Morgan fingerprint density at radius 1 is 0.951 bits per heavy atom. The number of para-hydroxylation sites is 1. The predicted molar refractivity (Wildman–Crippen MR) is 157 cm³/mol. The summed E-state index contributed by atoms with van der Waals surface area (Å²) in [6.07, 6.45) is 0.889. The SMILES string of the molecule is CCOc1cc([C@H]2C(C(=O)OCCOc3ccccc3)=C(C)N=C3C[C@H](c4ccc(Cl)cc4)CC(=O)C32)ccc1O. The fraction of sp³-hybridized carbons (Fsp3) is 0.303. The van der Waals surface area contributed by atoms with Crippen molar-refractivity contribution in [3.63, 3.8) is 0 Å². The largest absolute Gasteiger partial charge is 0.504 e. The summed E-state index contributed by atoms with van der Waals surface area (Å²) in [6, 6.07) is 21.8. The Bertz CT molecular complexity index is 1480. The number of aliphatic imine (C=N–C) groups is 1. The lowest BCUT2D eigenvalue weighted by atomic mass is 9.66. The van der Waals surface area contributed by atoms with E-state index in [0.717, 1.165) is 11.3 Å². The first kappa shape index (κ1) is 28.4. The lowest BCUT2D eigenvalue weighted by Crippen LogP contribution is -2.41. The molecule has 41 heavy (non-hydrogen) atoms. The van der Waals surface area contributed by atoms with Crippen LogP contribution in [0.15, 0.2) is 89.1 Å². The van der Waals surface area contributed by atoms with Gasteiger partial charge >= 0.3 is 5.97 Å². The van der Waals surface area contributed by atoms with E-state index in [1.165, 1.54) is 6.07 Å². The molecule has 1 N–H and O–H groups in total. The number of allylic oxidation sites excluding steroid dienone is 1. The molecule has 1 aliphatic heterocycles. The van der Waals surface area contributed by atoms with Crippen LogP contribution in [0.3, 0.4) is 0 Å². The molecular weight excluding hydrogens is 542 g/mol. The Morgan fingerprint density at radius 3 is 2.41 bits per heavy atom. The number of esters is 1. The summed E-state index contributed by atoms with van der Waals surface area (Å²) in [5.74, 6) is -0.904. The summed E-state index contributed by atoms with van der Waals surface area (Å²) < 4.78 is 17.0. The van der Waals surface area contributed by atoms with E-state index in [1.807, 2.05) is 61.5 Å². The van der Waals surface area contributed by atoms with Crippen LogP contribution < -0.4 is 9.47 Å². The minimum atomic E-state index is -0.636. The van der Waals surface area contributed by atoms with Gasteiger partial charge in [-0.1, -0.05) is 48.0 Å². The van der Waals surface area contributed by atoms with Crippen LogP contribution >= 0.6 is 11.6 Å². The Kier molecular flexibility index (Phi) is 8.74. The minimum Gasteiger partial charge on any atom is -0.504 e. The van der Waals surface area contributed by atoms with Crippen molar-refractivity contribution in [1.82, 2.24) is 0 Å². The zero-order chi connectivity index (χ0) is 28.9. The molecule has 1 heterocycles. The number of hydrogen-bond donors (Lipinski definition) is 1. The number of fused-ring (bicyclic) bond motifs is 1. The standard InChI is InChI=1S/C33H32ClNO6/c1-3-39-29-19-22(11-14-27(29)36)31-30(33(38)41-16-15-40-25-7-5-4-6-8-25)20(2)35-26-17-23(18-28(37)32(26)31)21-9-12-24(34)13-10-21/h4-14,19,23,31-32,36H,3,15-18H2,1-2H3/t23-,31-,32?/m0/s1. The molecule has 0 spiro atoms. The molecule has 0 aromatic heterocycles. The van der Waals surface area contributed by atoms with Gasteiger partial charge in [-0.05, 0) is 73.7 Å². The topological polar surface area (TPSA) is 94.4 Å².